The molecule has 0 saturated carbocycles. The van der Waals surface area contributed by atoms with Crippen LogP contribution in [0.25, 0.3) is 5.57 Å². The monoisotopic (exact) mass is 301 g/mol. The Balaban J connectivity index is 3.10. The highest BCUT2D eigenvalue weighted by molar-refractivity contribution is 5.99. The van der Waals surface area contributed by atoms with Crippen molar-refractivity contribution in [3.8, 4) is 0 Å². The minimum Gasteiger partial charge on any atom is -0.512 e. The predicted molar refractivity (Wildman–Crippen MR) is 89.0 cm³/mol. The van der Waals surface area contributed by atoms with Gasteiger partial charge in [-0.3, -0.25) is 4.79 Å². The molecule has 1 amide bonds. The summed E-state index contributed by atoms with van der Waals surface area (Å²) in [7, 11) is 0. The van der Waals surface area contributed by atoms with E-state index >= 15 is 0 Å². The van der Waals surface area contributed by atoms with E-state index in [1.807, 2.05) is 32.9 Å². The molecule has 0 atom stereocenters. The van der Waals surface area contributed by atoms with Crippen molar-refractivity contribution in [2.75, 3.05) is 0 Å². The van der Waals surface area contributed by atoms with Gasteiger partial charge in [0.05, 0.1) is 11.8 Å². The lowest BCUT2D eigenvalue weighted by molar-refractivity contribution is -0.116. The number of carbonyl (C=O) groups is 1. The average molecular weight is 301 g/mol. The van der Waals surface area contributed by atoms with E-state index in [2.05, 4.69) is 5.32 Å². The Hall–Kier alpha value is -2.49. The molecule has 22 heavy (non-hydrogen) atoms. The summed E-state index contributed by atoms with van der Waals surface area (Å²) in [5, 5.41) is 12.6. The van der Waals surface area contributed by atoms with Gasteiger partial charge in [0.1, 0.15) is 11.5 Å². The lowest BCUT2D eigenvalue weighted by Gasteiger charge is -2.09. The van der Waals surface area contributed by atoms with Crippen LogP contribution in [0.5, 0.6) is 0 Å². The molecule has 1 rings (SSSR count). The van der Waals surface area contributed by atoms with Crippen molar-refractivity contribution in [3.63, 3.8) is 0 Å². The largest absolute Gasteiger partial charge is 0.512 e. The molecule has 0 aliphatic rings. The van der Waals surface area contributed by atoms with Gasteiger partial charge in [0.25, 0.3) is 5.91 Å². The van der Waals surface area contributed by atoms with Crippen LogP contribution in [-0.2, 0) is 4.79 Å². The van der Waals surface area contributed by atoms with Crippen LogP contribution in [0.2, 0.25) is 0 Å². The van der Waals surface area contributed by atoms with Crippen molar-refractivity contribution in [1.29, 1.82) is 0 Å². The molecule has 2 N–H and O–H groups in total. The zero-order valence-corrected chi connectivity index (χ0v) is 13.5. The SMILES string of the molecule is C/C=C\C(=C/C)NC(=O)C(/C=C(\CC)c1ccco1)=C(/C)O. The van der Waals surface area contributed by atoms with Gasteiger partial charge in [-0.2, -0.15) is 0 Å². The summed E-state index contributed by atoms with van der Waals surface area (Å²) in [5.41, 5.74) is 1.74. The van der Waals surface area contributed by atoms with Crippen molar-refractivity contribution in [1.82, 2.24) is 5.32 Å². The average Bonchev–Trinajstić information content (AvgIpc) is 3.01. The first kappa shape index (κ1) is 17.6. The summed E-state index contributed by atoms with van der Waals surface area (Å²) in [4.78, 5) is 12.4. The van der Waals surface area contributed by atoms with E-state index in [0.717, 1.165) is 5.57 Å². The summed E-state index contributed by atoms with van der Waals surface area (Å²) in [5.74, 6) is 0.295. The van der Waals surface area contributed by atoms with E-state index < -0.39 is 0 Å². The Morgan fingerprint density at radius 3 is 2.59 bits per heavy atom. The quantitative estimate of drug-likeness (QED) is 0.462. The van der Waals surface area contributed by atoms with Crippen LogP contribution >= 0.6 is 0 Å². The maximum absolute atomic E-state index is 12.4. The van der Waals surface area contributed by atoms with Crippen LogP contribution in [0.3, 0.4) is 0 Å². The van der Waals surface area contributed by atoms with Crippen molar-refractivity contribution in [3.05, 3.63) is 65.5 Å². The third-order valence-electron chi connectivity index (χ3n) is 3.09. The topological polar surface area (TPSA) is 62.5 Å². The fraction of sp³-hybridized carbons (Fsp3) is 0.278. The summed E-state index contributed by atoms with van der Waals surface area (Å²) < 4.78 is 5.36. The van der Waals surface area contributed by atoms with Crippen LogP contribution in [0.1, 0.15) is 39.9 Å². The molecule has 0 radical (unpaired) electrons. The number of aliphatic hydroxyl groups is 1. The number of furan rings is 1. The number of nitrogens with one attached hydrogen (secondary N) is 1. The smallest absolute Gasteiger partial charge is 0.259 e. The molecule has 0 spiro atoms. The molecule has 1 aromatic rings. The molecule has 0 aliphatic heterocycles. The van der Waals surface area contributed by atoms with E-state index in [9.17, 15) is 9.90 Å². The Morgan fingerprint density at radius 1 is 1.41 bits per heavy atom. The van der Waals surface area contributed by atoms with Crippen LogP contribution in [0.15, 0.2) is 64.1 Å². The van der Waals surface area contributed by atoms with E-state index in [1.165, 1.54) is 6.92 Å². The minimum atomic E-state index is -0.358. The van der Waals surface area contributed by atoms with Crippen molar-refractivity contribution in [2.45, 2.75) is 34.1 Å². The van der Waals surface area contributed by atoms with E-state index in [1.54, 1.807) is 30.6 Å². The van der Waals surface area contributed by atoms with Gasteiger partial charge in [-0.15, -0.1) is 0 Å². The van der Waals surface area contributed by atoms with Gasteiger partial charge in [-0.25, -0.2) is 0 Å². The Morgan fingerprint density at radius 2 is 2.14 bits per heavy atom. The van der Waals surface area contributed by atoms with Gasteiger partial charge in [-0.1, -0.05) is 19.1 Å². The van der Waals surface area contributed by atoms with Crippen LogP contribution in [-0.4, -0.2) is 11.0 Å². The van der Waals surface area contributed by atoms with Gasteiger partial charge in [0, 0.05) is 5.70 Å². The highest BCUT2D eigenvalue weighted by atomic mass is 16.3. The second-order valence-electron chi connectivity index (χ2n) is 4.70. The first-order valence-electron chi connectivity index (χ1n) is 7.28. The van der Waals surface area contributed by atoms with Gasteiger partial charge in [0.2, 0.25) is 0 Å². The molecule has 0 bridgehead atoms. The summed E-state index contributed by atoms with van der Waals surface area (Å²) in [6.45, 7) is 7.16. The molecule has 0 aromatic carbocycles. The van der Waals surface area contributed by atoms with Crippen LogP contribution in [0.4, 0.5) is 0 Å². The molecular weight excluding hydrogens is 278 g/mol. The first-order chi connectivity index (χ1) is 10.5. The Bertz CT molecular complexity index is 613. The van der Waals surface area contributed by atoms with Gasteiger partial charge >= 0.3 is 0 Å². The molecular formula is C18H23NO3. The fourth-order valence-electron chi connectivity index (χ4n) is 1.91. The molecule has 0 aliphatic carbocycles. The summed E-state index contributed by atoms with van der Waals surface area (Å²) >= 11 is 0. The summed E-state index contributed by atoms with van der Waals surface area (Å²) in [6, 6.07) is 3.62. The predicted octanol–water partition coefficient (Wildman–Crippen LogP) is 4.50. The van der Waals surface area contributed by atoms with Gasteiger partial charge < -0.3 is 14.8 Å². The molecule has 0 unspecified atom stereocenters. The van der Waals surface area contributed by atoms with Crippen molar-refractivity contribution >= 4 is 11.5 Å². The highest BCUT2D eigenvalue weighted by Gasteiger charge is 2.14. The normalized spacial score (nSPS) is 14.2. The second kappa shape index (κ2) is 8.72. The summed E-state index contributed by atoms with van der Waals surface area (Å²) in [6.07, 6.45) is 9.34. The molecule has 1 aromatic heterocycles. The number of allylic oxidation sites excluding steroid dienone is 5. The number of aliphatic hydroxyl groups excluding tert-OH is 1. The van der Waals surface area contributed by atoms with Crippen LogP contribution < -0.4 is 5.32 Å². The molecule has 0 saturated heterocycles. The van der Waals surface area contributed by atoms with Crippen molar-refractivity contribution in [2.24, 2.45) is 0 Å². The van der Waals surface area contributed by atoms with Crippen LogP contribution in [0, 0.1) is 0 Å². The number of amides is 1. The third kappa shape index (κ3) is 4.81. The molecule has 118 valence electrons. The molecule has 1 heterocycles. The maximum Gasteiger partial charge on any atom is 0.259 e. The first-order valence-corrected chi connectivity index (χ1v) is 7.28. The second-order valence-corrected chi connectivity index (χ2v) is 4.70. The lowest BCUT2D eigenvalue weighted by atomic mass is 10.1. The molecule has 4 nitrogen and oxygen atoms in total. The van der Waals surface area contributed by atoms with E-state index in [4.69, 9.17) is 4.42 Å². The van der Waals surface area contributed by atoms with Gasteiger partial charge in [0.15, 0.2) is 0 Å². The van der Waals surface area contributed by atoms with E-state index in [-0.39, 0.29) is 17.2 Å². The standard InChI is InChI=1S/C18H23NO3/c1-5-9-15(7-3)19-18(21)16(13(4)20)12-14(6-2)17-10-8-11-22-17/h5,7-12,20H,6H2,1-4H3,(H,19,21)/b9-5-,14-12+,15-7+,16-13-. The van der Waals surface area contributed by atoms with E-state index in [0.29, 0.717) is 17.9 Å². The lowest BCUT2D eigenvalue weighted by Crippen LogP contribution is -2.24. The molecule has 0 fully saturated rings. The highest BCUT2D eigenvalue weighted by Crippen LogP contribution is 2.21. The fourth-order valence-corrected chi connectivity index (χ4v) is 1.91. The number of carbonyl (C=O) groups excluding carboxylic acids is 1. The van der Waals surface area contributed by atoms with Gasteiger partial charge in [-0.05, 0) is 57.0 Å². The zero-order chi connectivity index (χ0) is 16.5. The van der Waals surface area contributed by atoms with Crippen molar-refractivity contribution < 1.29 is 14.3 Å². The zero-order valence-electron chi connectivity index (χ0n) is 13.5. The Labute approximate surface area is 131 Å². The number of rotatable bonds is 6. The number of hydrogen-bond donors (Lipinski definition) is 2. The maximum atomic E-state index is 12.4. The molecule has 4 heteroatoms. The number of hydrogen-bond acceptors (Lipinski definition) is 3. The minimum absolute atomic E-state index is 0.0362. The Kier molecular flexibility index (Phi) is 6.96. The third-order valence-corrected chi connectivity index (χ3v) is 3.09.